The summed E-state index contributed by atoms with van der Waals surface area (Å²) in [4.78, 5) is 22.8. The molecule has 0 aromatic heterocycles. The maximum absolute atomic E-state index is 11.8. The summed E-state index contributed by atoms with van der Waals surface area (Å²) in [5.41, 5.74) is 0. The van der Waals surface area contributed by atoms with Crippen molar-refractivity contribution in [1.82, 2.24) is 5.32 Å². The molecule has 5 nitrogen and oxygen atoms in total. The first-order chi connectivity index (χ1) is 9.56. The lowest BCUT2D eigenvalue weighted by Gasteiger charge is -2.17. The fraction of sp³-hybridized carbons (Fsp3) is 0.429. The van der Waals surface area contributed by atoms with Crippen molar-refractivity contribution in [1.29, 1.82) is 0 Å². The number of ether oxygens (including phenoxy) is 1. The van der Waals surface area contributed by atoms with Crippen molar-refractivity contribution in [3.63, 3.8) is 0 Å². The van der Waals surface area contributed by atoms with Crippen LogP contribution in [0.1, 0.15) is 19.3 Å². The van der Waals surface area contributed by atoms with Crippen LogP contribution in [0.2, 0.25) is 0 Å². The first-order valence-electron chi connectivity index (χ1n) is 6.47. The molecule has 0 heterocycles. The maximum Gasteiger partial charge on any atom is 0.308 e. The highest BCUT2D eigenvalue weighted by atomic mass is 79.9. The average Bonchev–Trinajstić information content (AvgIpc) is 2.86. The third-order valence-electron chi connectivity index (χ3n) is 3.36. The van der Waals surface area contributed by atoms with E-state index in [1.165, 1.54) is 0 Å². The monoisotopic (exact) mass is 341 g/mol. The molecule has 0 unspecified atom stereocenters. The van der Waals surface area contributed by atoms with E-state index in [9.17, 15) is 9.59 Å². The van der Waals surface area contributed by atoms with E-state index in [1.807, 2.05) is 12.1 Å². The van der Waals surface area contributed by atoms with Gasteiger partial charge in [0.25, 0.3) is 5.91 Å². The van der Waals surface area contributed by atoms with Gasteiger partial charge in [0.1, 0.15) is 5.75 Å². The number of hydrogen-bond acceptors (Lipinski definition) is 3. The Labute approximate surface area is 125 Å². The Balaban J connectivity index is 1.80. The van der Waals surface area contributed by atoms with E-state index in [1.54, 1.807) is 12.1 Å². The first kappa shape index (κ1) is 14.8. The molecule has 0 aliphatic heterocycles. The van der Waals surface area contributed by atoms with Crippen LogP contribution in [0.15, 0.2) is 28.7 Å². The Morgan fingerprint density at radius 3 is 2.65 bits per heavy atom. The van der Waals surface area contributed by atoms with Gasteiger partial charge in [-0.15, -0.1) is 0 Å². The molecule has 1 fully saturated rings. The third-order valence-corrected chi connectivity index (χ3v) is 3.89. The van der Waals surface area contributed by atoms with Gasteiger partial charge in [-0.2, -0.15) is 0 Å². The summed E-state index contributed by atoms with van der Waals surface area (Å²) in [6, 6.07) is 6.88. The number of carboxylic acids is 1. The Morgan fingerprint density at radius 1 is 1.30 bits per heavy atom. The smallest absolute Gasteiger partial charge is 0.308 e. The normalized spacial score (nSPS) is 21.4. The van der Waals surface area contributed by atoms with Crippen molar-refractivity contribution in [3.8, 4) is 5.75 Å². The lowest BCUT2D eigenvalue weighted by Crippen LogP contribution is -2.42. The summed E-state index contributed by atoms with van der Waals surface area (Å²) in [5.74, 6) is -1.01. The van der Waals surface area contributed by atoms with E-state index in [0.717, 1.165) is 10.9 Å². The lowest BCUT2D eigenvalue weighted by molar-refractivity contribution is -0.142. The second kappa shape index (κ2) is 6.74. The van der Waals surface area contributed by atoms with Gasteiger partial charge in [-0.05, 0) is 37.1 Å². The van der Waals surface area contributed by atoms with Gasteiger partial charge in [0.15, 0.2) is 6.61 Å². The Morgan fingerprint density at radius 2 is 2.00 bits per heavy atom. The predicted octanol–water partition coefficient (Wildman–Crippen LogP) is 2.20. The second-order valence-corrected chi connectivity index (χ2v) is 5.71. The highest BCUT2D eigenvalue weighted by Crippen LogP contribution is 2.25. The van der Waals surface area contributed by atoms with E-state index in [0.29, 0.717) is 18.6 Å². The summed E-state index contributed by atoms with van der Waals surface area (Å²) in [6.07, 6.45) is 2.16. The molecule has 0 bridgehead atoms. The number of rotatable bonds is 5. The standard InChI is InChI=1S/C14H16BrNO4/c15-9-4-6-10(7-5-9)20-8-13(17)16-12-3-1-2-11(12)14(18)19/h4-7,11-12H,1-3,8H2,(H,16,17)(H,18,19)/t11-,12+/m1/s1. The molecule has 108 valence electrons. The molecule has 1 aromatic rings. The Kier molecular flexibility index (Phi) is 5.00. The van der Waals surface area contributed by atoms with E-state index >= 15 is 0 Å². The van der Waals surface area contributed by atoms with Gasteiger partial charge in [0, 0.05) is 10.5 Å². The topological polar surface area (TPSA) is 75.6 Å². The van der Waals surface area contributed by atoms with E-state index in [-0.39, 0.29) is 18.6 Å². The third kappa shape index (κ3) is 3.96. The summed E-state index contributed by atoms with van der Waals surface area (Å²) < 4.78 is 6.28. The fourth-order valence-corrected chi connectivity index (χ4v) is 2.62. The Bertz CT molecular complexity index is 488. The van der Waals surface area contributed by atoms with E-state index < -0.39 is 11.9 Å². The lowest BCUT2D eigenvalue weighted by atomic mass is 10.0. The number of halogens is 1. The molecule has 2 rings (SSSR count). The molecule has 1 aromatic carbocycles. The molecule has 2 atom stereocenters. The van der Waals surface area contributed by atoms with E-state index in [4.69, 9.17) is 9.84 Å². The SMILES string of the molecule is O=C(COc1ccc(Br)cc1)N[C@H]1CCC[C@H]1C(=O)O. The van der Waals surface area contributed by atoms with Gasteiger partial charge < -0.3 is 15.2 Å². The van der Waals surface area contributed by atoms with Crippen molar-refractivity contribution in [3.05, 3.63) is 28.7 Å². The summed E-state index contributed by atoms with van der Waals surface area (Å²) in [6.45, 7) is -0.107. The van der Waals surface area contributed by atoms with Crippen LogP contribution >= 0.6 is 15.9 Å². The number of carbonyl (C=O) groups is 2. The van der Waals surface area contributed by atoms with Crippen LogP contribution in [0.5, 0.6) is 5.75 Å². The molecule has 1 saturated carbocycles. The molecule has 2 N–H and O–H groups in total. The molecule has 0 saturated heterocycles. The zero-order valence-corrected chi connectivity index (χ0v) is 12.4. The van der Waals surface area contributed by atoms with Crippen LogP contribution in [-0.2, 0) is 9.59 Å². The number of hydrogen-bond donors (Lipinski definition) is 2. The molecule has 0 radical (unpaired) electrons. The second-order valence-electron chi connectivity index (χ2n) is 4.79. The molecule has 20 heavy (non-hydrogen) atoms. The molecule has 1 amide bonds. The van der Waals surface area contributed by atoms with Gasteiger partial charge in [0.05, 0.1) is 5.92 Å². The number of amides is 1. The van der Waals surface area contributed by atoms with Crippen molar-refractivity contribution in [2.75, 3.05) is 6.61 Å². The number of carbonyl (C=O) groups excluding carboxylic acids is 1. The predicted molar refractivity (Wildman–Crippen MR) is 76.5 cm³/mol. The van der Waals surface area contributed by atoms with Gasteiger partial charge in [-0.25, -0.2) is 0 Å². The molecular formula is C14H16BrNO4. The van der Waals surface area contributed by atoms with Gasteiger partial charge >= 0.3 is 5.97 Å². The minimum Gasteiger partial charge on any atom is -0.484 e. The molecule has 1 aliphatic rings. The molecular weight excluding hydrogens is 326 g/mol. The van der Waals surface area contributed by atoms with Gasteiger partial charge in [0.2, 0.25) is 0 Å². The van der Waals surface area contributed by atoms with Crippen molar-refractivity contribution < 1.29 is 19.4 Å². The highest BCUT2D eigenvalue weighted by Gasteiger charge is 2.33. The van der Waals surface area contributed by atoms with Crippen LogP contribution in [0.25, 0.3) is 0 Å². The van der Waals surface area contributed by atoms with Crippen LogP contribution in [-0.4, -0.2) is 29.6 Å². The van der Waals surface area contributed by atoms with Crippen molar-refractivity contribution in [2.24, 2.45) is 5.92 Å². The Hall–Kier alpha value is -1.56. The minimum atomic E-state index is -0.846. The summed E-state index contributed by atoms with van der Waals surface area (Å²) in [5, 5.41) is 11.8. The van der Waals surface area contributed by atoms with Crippen LogP contribution in [0.3, 0.4) is 0 Å². The first-order valence-corrected chi connectivity index (χ1v) is 7.26. The highest BCUT2D eigenvalue weighted by molar-refractivity contribution is 9.10. The number of benzene rings is 1. The van der Waals surface area contributed by atoms with Crippen molar-refractivity contribution in [2.45, 2.75) is 25.3 Å². The van der Waals surface area contributed by atoms with Gasteiger partial charge in [-0.1, -0.05) is 22.4 Å². The fourth-order valence-electron chi connectivity index (χ4n) is 2.36. The molecule has 0 spiro atoms. The van der Waals surface area contributed by atoms with Crippen LogP contribution in [0, 0.1) is 5.92 Å². The summed E-state index contributed by atoms with van der Waals surface area (Å²) >= 11 is 3.31. The van der Waals surface area contributed by atoms with Gasteiger partial charge in [-0.3, -0.25) is 9.59 Å². The molecule has 6 heteroatoms. The number of aliphatic carboxylic acids is 1. The van der Waals surface area contributed by atoms with Crippen molar-refractivity contribution >= 4 is 27.8 Å². The number of carboxylic acid groups (broad SMARTS) is 1. The van der Waals surface area contributed by atoms with Crippen LogP contribution in [0.4, 0.5) is 0 Å². The van der Waals surface area contributed by atoms with E-state index in [2.05, 4.69) is 21.2 Å². The zero-order chi connectivity index (χ0) is 14.5. The minimum absolute atomic E-state index is 0.107. The largest absolute Gasteiger partial charge is 0.484 e. The maximum atomic E-state index is 11.8. The zero-order valence-electron chi connectivity index (χ0n) is 10.8. The summed E-state index contributed by atoms with van der Waals surface area (Å²) in [7, 11) is 0. The quantitative estimate of drug-likeness (QED) is 0.860. The average molecular weight is 342 g/mol. The van der Waals surface area contributed by atoms with Crippen LogP contribution < -0.4 is 10.1 Å². The molecule has 1 aliphatic carbocycles. The number of nitrogens with one attached hydrogen (secondary N) is 1.